The van der Waals surface area contributed by atoms with E-state index in [9.17, 15) is 19.5 Å². The summed E-state index contributed by atoms with van der Waals surface area (Å²) < 4.78 is 5.72. The first kappa shape index (κ1) is 20.2. The quantitative estimate of drug-likeness (QED) is 0.612. The maximum atomic E-state index is 12.7. The average Bonchev–Trinajstić information content (AvgIpc) is 3.25. The van der Waals surface area contributed by atoms with Crippen LogP contribution in [-0.2, 0) is 17.7 Å². The van der Waals surface area contributed by atoms with Crippen LogP contribution in [0.1, 0.15) is 60.8 Å². The average molecular weight is 442 g/mol. The molecule has 2 amide bonds. The molecule has 1 saturated heterocycles. The minimum atomic E-state index is -0.975. The number of nitrogens with zero attached hydrogens (tertiary/aromatic N) is 1. The fourth-order valence-electron chi connectivity index (χ4n) is 4.51. The van der Waals surface area contributed by atoms with E-state index in [2.05, 4.69) is 10.6 Å². The summed E-state index contributed by atoms with van der Waals surface area (Å²) in [6.07, 6.45) is 3.19. The number of imide groups is 1. The molecule has 4 heterocycles. The second-order valence-corrected chi connectivity index (χ2v) is 9.17. The zero-order valence-electron chi connectivity index (χ0n) is 16.8. The Morgan fingerprint density at radius 2 is 1.97 bits per heavy atom. The highest BCUT2D eigenvalue weighted by molar-refractivity contribution is 7.16. The summed E-state index contributed by atoms with van der Waals surface area (Å²) >= 11 is 1.44. The number of fused-ring (bicyclic) bond motifs is 2. The molecular formula is C22H23N3O5S. The molecule has 8 nitrogen and oxygen atoms in total. The van der Waals surface area contributed by atoms with E-state index in [1.807, 2.05) is 0 Å². The molecule has 3 aliphatic heterocycles. The second-order valence-electron chi connectivity index (χ2n) is 8.06. The molecule has 0 bridgehead atoms. The molecule has 0 radical (unpaired) electrons. The van der Waals surface area contributed by atoms with Crippen molar-refractivity contribution >= 4 is 34.1 Å². The number of aromatic carboxylic acids is 1. The molecule has 162 valence electrons. The molecule has 2 unspecified atom stereocenters. The lowest BCUT2D eigenvalue weighted by Gasteiger charge is -2.27. The van der Waals surface area contributed by atoms with Crippen molar-refractivity contribution in [1.29, 1.82) is 0 Å². The predicted octanol–water partition coefficient (Wildman–Crippen LogP) is 2.70. The molecule has 0 spiro atoms. The molecule has 2 aromatic rings. The second kappa shape index (κ2) is 8.07. The van der Waals surface area contributed by atoms with Crippen LogP contribution in [0.5, 0.6) is 0 Å². The topological polar surface area (TPSA) is 108 Å². The third-order valence-corrected chi connectivity index (χ3v) is 7.22. The van der Waals surface area contributed by atoms with Crippen molar-refractivity contribution in [3.8, 4) is 0 Å². The monoisotopic (exact) mass is 441 g/mol. The van der Waals surface area contributed by atoms with Crippen LogP contribution in [0.3, 0.4) is 0 Å². The zero-order chi connectivity index (χ0) is 21.5. The molecule has 0 saturated carbocycles. The van der Waals surface area contributed by atoms with Crippen LogP contribution in [0.15, 0.2) is 24.3 Å². The lowest BCUT2D eigenvalue weighted by atomic mass is 9.97. The Kier molecular flexibility index (Phi) is 5.25. The molecule has 3 aliphatic rings. The number of amides is 2. The van der Waals surface area contributed by atoms with E-state index in [0.717, 1.165) is 29.7 Å². The van der Waals surface area contributed by atoms with Crippen LogP contribution in [0, 0.1) is 0 Å². The Morgan fingerprint density at radius 1 is 1.23 bits per heavy atom. The van der Waals surface area contributed by atoms with Crippen LogP contribution in [0.4, 0.5) is 5.00 Å². The molecule has 3 N–H and O–H groups in total. The Morgan fingerprint density at radius 3 is 2.61 bits per heavy atom. The van der Waals surface area contributed by atoms with Crippen LogP contribution < -0.4 is 10.6 Å². The van der Waals surface area contributed by atoms with Gasteiger partial charge in [0.1, 0.15) is 11.2 Å². The first-order chi connectivity index (χ1) is 15.0. The molecule has 1 fully saturated rings. The van der Waals surface area contributed by atoms with Gasteiger partial charge in [-0.3, -0.25) is 14.5 Å². The highest BCUT2D eigenvalue weighted by atomic mass is 32.1. The maximum Gasteiger partial charge on any atom is 0.338 e. The summed E-state index contributed by atoms with van der Waals surface area (Å²) in [5.74, 6) is -1.57. The zero-order valence-corrected chi connectivity index (χ0v) is 17.7. The van der Waals surface area contributed by atoms with E-state index in [4.69, 9.17) is 4.74 Å². The smallest absolute Gasteiger partial charge is 0.338 e. The van der Waals surface area contributed by atoms with Gasteiger partial charge in [0, 0.05) is 30.6 Å². The molecule has 9 heteroatoms. The van der Waals surface area contributed by atoms with Crippen molar-refractivity contribution in [2.45, 2.75) is 44.5 Å². The first-order valence-electron chi connectivity index (χ1n) is 10.5. The third-order valence-electron chi connectivity index (χ3n) is 6.06. The number of carboxylic acid groups (broad SMARTS) is 1. The molecule has 2 atom stereocenters. The number of thiophene rings is 1. The number of anilines is 1. The van der Waals surface area contributed by atoms with Gasteiger partial charge >= 0.3 is 5.97 Å². The van der Waals surface area contributed by atoms with E-state index in [-0.39, 0.29) is 36.2 Å². The van der Waals surface area contributed by atoms with Gasteiger partial charge in [-0.25, -0.2) is 4.79 Å². The van der Waals surface area contributed by atoms with Crippen molar-refractivity contribution in [3.05, 3.63) is 51.4 Å². The Hall–Kier alpha value is -2.75. The van der Waals surface area contributed by atoms with E-state index in [1.165, 1.54) is 16.2 Å². The third kappa shape index (κ3) is 3.62. The fraction of sp³-hybridized carbons (Fsp3) is 0.409. The van der Waals surface area contributed by atoms with E-state index < -0.39 is 5.97 Å². The summed E-state index contributed by atoms with van der Waals surface area (Å²) in [6.45, 7) is 1.38. The van der Waals surface area contributed by atoms with Gasteiger partial charge in [0.05, 0.1) is 16.7 Å². The highest BCUT2D eigenvalue weighted by Gasteiger charge is 2.38. The van der Waals surface area contributed by atoms with Crippen LogP contribution in [-0.4, -0.2) is 53.2 Å². The summed E-state index contributed by atoms with van der Waals surface area (Å²) in [4.78, 5) is 39.7. The normalized spacial score (nSPS) is 22.9. The number of carboxylic acids is 1. The number of hydrogen-bond donors (Lipinski definition) is 3. The number of carbonyl (C=O) groups excluding carboxylic acids is 2. The highest BCUT2D eigenvalue weighted by Crippen LogP contribution is 2.38. The van der Waals surface area contributed by atoms with Crippen LogP contribution in [0.2, 0.25) is 0 Å². The van der Waals surface area contributed by atoms with Crippen LogP contribution in [0.25, 0.3) is 0 Å². The van der Waals surface area contributed by atoms with Gasteiger partial charge in [0.15, 0.2) is 0 Å². The molecule has 1 aromatic heterocycles. The largest absolute Gasteiger partial charge is 0.478 e. The standard InChI is InChI=1S/C22H23N3O5S/c26-20-13-5-1-2-6-14(13)21(27)25(20)11-12-9-15-16(10-23-12)31-19(18(15)22(28)29)24-17-7-3-4-8-30-17/h1-2,5-6,12,17,23-24H,3-4,7-11H2,(H,28,29). The maximum absolute atomic E-state index is 12.7. The van der Waals surface area contributed by atoms with Gasteiger partial charge in [0.2, 0.25) is 0 Å². The lowest BCUT2D eigenvalue weighted by Crippen LogP contribution is -2.46. The summed E-state index contributed by atoms with van der Waals surface area (Å²) in [5, 5.41) is 17.2. The summed E-state index contributed by atoms with van der Waals surface area (Å²) in [7, 11) is 0. The number of ether oxygens (including phenoxy) is 1. The van der Waals surface area contributed by atoms with Gasteiger partial charge in [-0.15, -0.1) is 11.3 Å². The molecule has 0 aliphatic carbocycles. The van der Waals surface area contributed by atoms with Crippen molar-refractivity contribution < 1.29 is 24.2 Å². The van der Waals surface area contributed by atoms with Crippen molar-refractivity contribution in [3.63, 3.8) is 0 Å². The van der Waals surface area contributed by atoms with Gasteiger partial charge < -0.3 is 20.5 Å². The summed E-state index contributed by atoms with van der Waals surface area (Å²) in [5.41, 5.74) is 1.90. The lowest BCUT2D eigenvalue weighted by molar-refractivity contribution is 0.0344. The predicted molar refractivity (Wildman–Crippen MR) is 115 cm³/mol. The SMILES string of the molecule is O=C(O)c1c(NC2CCCCO2)sc2c1CC(CN1C(=O)c3ccccc3C1=O)NC2. The van der Waals surface area contributed by atoms with Crippen molar-refractivity contribution in [2.24, 2.45) is 0 Å². The molecule has 1 aromatic carbocycles. The van der Waals surface area contributed by atoms with Gasteiger partial charge in [0.25, 0.3) is 11.8 Å². The first-order valence-corrected chi connectivity index (χ1v) is 11.3. The number of benzene rings is 1. The number of nitrogens with one attached hydrogen (secondary N) is 2. The summed E-state index contributed by atoms with van der Waals surface area (Å²) in [6, 6.07) is 6.60. The number of hydrogen-bond acceptors (Lipinski definition) is 7. The van der Waals surface area contributed by atoms with Crippen molar-refractivity contribution in [2.75, 3.05) is 18.5 Å². The van der Waals surface area contributed by atoms with E-state index in [1.54, 1.807) is 24.3 Å². The molecule has 5 rings (SSSR count). The van der Waals surface area contributed by atoms with Gasteiger partial charge in [-0.05, 0) is 43.4 Å². The van der Waals surface area contributed by atoms with Crippen LogP contribution >= 0.6 is 11.3 Å². The van der Waals surface area contributed by atoms with Gasteiger partial charge in [-0.2, -0.15) is 0 Å². The number of rotatable bonds is 5. The fourth-order valence-corrected chi connectivity index (χ4v) is 5.72. The Bertz CT molecular complexity index is 1020. The Balaban J connectivity index is 1.35. The van der Waals surface area contributed by atoms with E-state index in [0.29, 0.717) is 35.7 Å². The van der Waals surface area contributed by atoms with E-state index >= 15 is 0 Å². The van der Waals surface area contributed by atoms with Crippen molar-refractivity contribution in [1.82, 2.24) is 10.2 Å². The van der Waals surface area contributed by atoms with Gasteiger partial charge in [-0.1, -0.05) is 12.1 Å². The minimum Gasteiger partial charge on any atom is -0.478 e. The Labute approximate surface area is 183 Å². The number of carbonyl (C=O) groups is 3. The minimum absolute atomic E-state index is 0.172. The molecule has 31 heavy (non-hydrogen) atoms. The molecular weight excluding hydrogens is 418 g/mol.